The normalized spacial score (nSPS) is 10.8. The molecule has 54 heavy (non-hydrogen) atoms. The predicted octanol–water partition coefficient (Wildman–Crippen LogP) is 7.77. The number of carboxylic acids is 1. The fraction of sp³-hybridized carbons (Fsp3) is 0.116. The first-order chi connectivity index (χ1) is 26.2. The summed E-state index contributed by atoms with van der Waals surface area (Å²) in [6, 6.07) is 37.7. The third-order valence-corrected chi connectivity index (χ3v) is 8.76. The molecule has 0 bridgehead atoms. The number of amidine groups is 1. The van der Waals surface area contributed by atoms with E-state index in [0.717, 1.165) is 22.3 Å². The largest absolute Gasteiger partial charge is 0.478 e. The maximum absolute atomic E-state index is 13.1. The number of hydrogen-bond acceptors (Lipinski definition) is 8. The Morgan fingerprint density at radius 1 is 0.648 bits per heavy atom. The number of rotatable bonds is 14. The Balaban J connectivity index is 1.17. The first kappa shape index (κ1) is 37.0. The van der Waals surface area contributed by atoms with Gasteiger partial charge in [-0.3, -0.25) is 10.2 Å². The van der Waals surface area contributed by atoms with E-state index in [-0.39, 0.29) is 30.5 Å². The first-order valence-corrected chi connectivity index (χ1v) is 17.1. The van der Waals surface area contributed by atoms with Crippen molar-refractivity contribution in [3.05, 3.63) is 150 Å². The number of carbonyl (C=O) groups is 3. The third kappa shape index (κ3) is 8.61. The second kappa shape index (κ2) is 17.1. The molecule has 0 aliphatic rings. The summed E-state index contributed by atoms with van der Waals surface area (Å²) in [6.45, 7) is 0.900. The standard InChI is InChI=1S/C43H38N4O7/c1-53-43(52)31-12-8-28(9-13-31)27-6-10-30(11-7-27)41(49)46-33-17-14-29(15-18-33)32-16-19-37(39(26-32)45-22-24-54-25-23-48)40(44)47-38-21-20-36(42(50)51)34-4-2-3-5-35(34)38/h2-21,26,45,48H,22-25H2,1H3,(H2,44,47)(H,46,49)(H,50,51). The molecule has 6 rings (SSSR count). The molecule has 272 valence electrons. The van der Waals surface area contributed by atoms with Gasteiger partial charge in [0.2, 0.25) is 0 Å². The van der Waals surface area contributed by atoms with Gasteiger partial charge in [0.05, 0.1) is 38.1 Å². The van der Waals surface area contributed by atoms with E-state index in [9.17, 15) is 19.5 Å². The van der Waals surface area contributed by atoms with Crippen molar-refractivity contribution in [1.82, 2.24) is 0 Å². The van der Waals surface area contributed by atoms with Crippen LogP contribution in [0.1, 0.15) is 36.6 Å². The fourth-order valence-electron chi connectivity index (χ4n) is 5.99. The monoisotopic (exact) mass is 722 g/mol. The number of amides is 1. The van der Waals surface area contributed by atoms with E-state index < -0.39 is 11.9 Å². The summed E-state index contributed by atoms with van der Waals surface area (Å²) in [5, 5.41) is 38.5. The van der Waals surface area contributed by atoms with Crippen LogP contribution >= 0.6 is 0 Å². The summed E-state index contributed by atoms with van der Waals surface area (Å²) in [5.74, 6) is -1.58. The quantitative estimate of drug-likeness (QED) is 0.0285. The van der Waals surface area contributed by atoms with Crippen molar-refractivity contribution in [3.63, 3.8) is 0 Å². The minimum Gasteiger partial charge on any atom is -0.478 e. The van der Waals surface area contributed by atoms with Crippen molar-refractivity contribution in [1.29, 1.82) is 5.41 Å². The van der Waals surface area contributed by atoms with E-state index in [1.807, 2.05) is 78.9 Å². The van der Waals surface area contributed by atoms with Gasteiger partial charge in [-0.1, -0.05) is 66.7 Å². The molecule has 11 heteroatoms. The number of anilines is 3. The van der Waals surface area contributed by atoms with Crippen LogP contribution in [0.5, 0.6) is 0 Å². The number of carbonyl (C=O) groups excluding carboxylic acids is 2. The minimum absolute atomic E-state index is 0.0809. The lowest BCUT2D eigenvalue weighted by Crippen LogP contribution is -2.17. The molecular formula is C43H38N4O7. The molecule has 1 amide bonds. The molecule has 0 heterocycles. The van der Waals surface area contributed by atoms with Gasteiger partial charge in [-0.05, 0) is 88.3 Å². The summed E-state index contributed by atoms with van der Waals surface area (Å²) in [4.78, 5) is 36.6. The minimum atomic E-state index is -1.03. The molecule has 6 aromatic carbocycles. The Hall–Kier alpha value is -6.82. The number of carboxylic acid groups (broad SMARTS) is 1. The molecule has 0 saturated heterocycles. The highest BCUT2D eigenvalue weighted by molar-refractivity contribution is 6.15. The highest BCUT2D eigenvalue weighted by atomic mass is 16.5. The third-order valence-electron chi connectivity index (χ3n) is 8.76. The van der Waals surface area contributed by atoms with Gasteiger partial charge in [-0.2, -0.15) is 0 Å². The molecule has 0 aromatic heterocycles. The Morgan fingerprint density at radius 2 is 1.24 bits per heavy atom. The Labute approximate surface area is 311 Å². The number of esters is 1. The van der Waals surface area contributed by atoms with E-state index in [2.05, 4.69) is 16.0 Å². The summed E-state index contributed by atoms with van der Waals surface area (Å²) >= 11 is 0. The highest BCUT2D eigenvalue weighted by Gasteiger charge is 2.15. The Kier molecular flexibility index (Phi) is 11.7. The number of hydrogen-bond donors (Lipinski definition) is 6. The highest BCUT2D eigenvalue weighted by Crippen LogP contribution is 2.31. The SMILES string of the molecule is COC(=O)c1ccc(-c2ccc(C(=O)Nc3ccc(-c4ccc(C(=N)Nc5ccc(C(=O)O)c6ccccc56)c(NCCOCCO)c4)cc3)cc2)cc1. The number of methoxy groups -OCH3 is 1. The molecule has 0 spiro atoms. The lowest BCUT2D eigenvalue weighted by molar-refractivity contribution is 0.0599. The van der Waals surface area contributed by atoms with Crippen molar-refractivity contribution in [2.45, 2.75) is 0 Å². The molecule has 0 saturated carbocycles. The number of fused-ring (bicyclic) bond motifs is 1. The van der Waals surface area contributed by atoms with E-state index >= 15 is 0 Å². The zero-order valence-electron chi connectivity index (χ0n) is 29.4. The van der Waals surface area contributed by atoms with Gasteiger partial charge in [-0.25, -0.2) is 9.59 Å². The first-order valence-electron chi connectivity index (χ1n) is 17.1. The van der Waals surface area contributed by atoms with Crippen molar-refractivity contribution in [3.8, 4) is 22.3 Å². The summed E-state index contributed by atoms with van der Waals surface area (Å²) in [6.07, 6.45) is 0. The number of benzene rings is 6. The van der Waals surface area contributed by atoms with Gasteiger partial charge in [-0.15, -0.1) is 0 Å². The Morgan fingerprint density at radius 3 is 1.89 bits per heavy atom. The predicted molar refractivity (Wildman–Crippen MR) is 211 cm³/mol. The fourth-order valence-corrected chi connectivity index (χ4v) is 5.99. The number of aliphatic hydroxyl groups is 1. The van der Waals surface area contributed by atoms with E-state index in [4.69, 9.17) is 20.0 Å². The maximum atomic E-state index is 13.1. The molecule has 0 fully saturated rings. The molecule has 0 aliphatic carbocycles. The van der Waals surface area contributed by atoms with Gasteiger partial charge in [0, 0.05) is 40.1 Å². The van der Waals surface area contributed by atoms with Gasteiger partial charge >= 0.3 is 11.9 Å². The van der Waals surface area contributed by atoms with Gasteiger partial charge in [0.1, 0.15) is 5.84 Å². The average molecular weight is 723 g/mol. The van der Waals surface area contributed by atoms with Crippen LogP contribution in [-0.4, -0.2) is 67.4 Å². The van der Waals surface area contributed by atoms with Crippen molar-refractivity contribution in [2.24, 2.45) is 0 Å². The maximum Gasteiger partial charge on any atom is 0.337 e. The van der Waals surface area contributed by atoms with Crippen molar-refractivity contribution < 1.29 is 34.1 Å². The van der Waals surface area contributed by atoms with Crippen LogP contribution in [0.3, 0.4) is 0 Å². The average Bonchev–Trinajstić information content (AvgIpc) is 3.20. The number of aliphatic hydroxyl groups excluding tert-OH is 1. The zero-order chi connectivity index (χ0) is 38.0. The molecule has 6 aromatic rings. The second-order valence-electron chi connectivity index (χ2n) is 12.2. The smallest absolute Gasteiger partial charge is 0.337 e. The lowest BCUT2D eigenvalue weighted by Gasteiger charge is -2.17. The molecule has 0 unspecified atom stereocenters. The van der Waals surface area contributed by atoms with Gasteiger partial charge < -0.3 is 35.6 Å². The Bertz CT molecular complexity index is 2310. The van der Waals surface area contributed by atoms with Crippen LogP contribution in [0.15, 0.2) is 127 Å². The number of nitrogens with one attached hydrogen (secondary N) is 4. The van der Waals surface area contributed by atoms with Crippen LogP contribution < -0.4 is 16.0 Å². The second-order valence-corrected chi connectivity index (χ2v) is 12.2. The molecule has 11 nitrogen and oxygen atoms in total. The van der Waals surface area contributed by atoms with Crippen LogP contribution in [0.25, 0.3) is 33.0 Å². The van der Waals surface area contributed by atoms with Crippen LogP contribution in [0, 0.1) is 5.41 Å². The van der Waals surface area contributed by atoms with Crippen LogP contribution in [0.2, 0.25) is 0 Å². The lowest BCUT2D eigenvalue weighted by atomic mass is 10.00. The summed E-state index contributed by atoms with van der Waals surface area (Å²) in [5.41, 5.74) is 7.17. The molecule has 0 atom stereocenters. The summed E-state index contributed by atoms with van der Waals surface area (Å²) in [7, 11) is 1.34. The van der Waals surface area contributed by atoms with Gasteiger partial charge in [0.25, 0.3) is 5.91 Å². The van der Waals surface area contributed by atoms with Crippen molar-refractivity contribution in [2.75, 3.05) is 49.4 Å². The van der Waals surface area contributed by atoms with E-state index in [0.29, 0.717) is 57.7 Å². The number of ether oxygens (including phenoxy) is 2. The molecular weight excluding hydrogens is 684 g/mol. The van der Waals surface area contributed by atoms with Crippen LogP contribution in [-0.2, 0) is 9.47 Å². The molecule has 6 N–H and O–H groups in total. The summed E-state index contributed by atoms with van der Waals surface area (Å²) < 4.78 is 10.2. The van der Waals surface area contributed by atoms with E-state index in [1.54, 1.807) is 42.5 Å². The van der Waals surface area contributed by atoms with E-state index in [1.165, 1.54) is 13.2 Å². The molecule has 0 radical (unpaired) electrons. The number of aromatic carboxylic acids is 1. The molecule has 0 aliphatic heterocycles. The van der Waals surface area contributed by atoms with Gasteiger partial charge in [0.15, 0.2) is 0 Å². The van der Waals surface area contributed by atoms with Crippen LogP contribution in [0.4, 0.5) is 17.1 Å². The van der Waals surface area contributed by atoms with Crippen molar-refractivity contribution >= 4 is 51.5 Å². The zero-order valence-corrected chi connectivity index (χ0v) is 29.4. The topological polar surface area (TPSA) is 170 Å².